The van der Waals surface area contributed by atoms with E-state index in [1.54, 1.807) is 0 Å². The largest absolute Gasteiger partial charge is 0.504 e. The van der Waals surface area contributed by atoms with Gasteiger partial charge in [0.1, 0.15) is 5.75 Å². The zero-order chi connectivity index (χ0) is 15.4. The lowest BCUT2D eigenvalue weighted by molar-refractivity contribution is -0.0493. The zero-order valence-electron chi connectivity index (χ0n) is 10.6. The highest BCUT2D eigenvalue weighted by molar-refractivity contribution is 6.07. The van der Waals surface area contributed by atoms with Crippen LogP contribution in [0.1, 0.15) is 10.4 Å². The Hall–Kier alpha value is -2.83. The van der Waals surface area contributed by atoms with Crippen LogP contribution in [0.3, 0.4) is 0 Å². The Balaban J connectivity index is 2.26. The van der Waals surface area contributed by atoms with E-state index in [4.69, 9.17) is 0 Å². The van der Waals surface area contributed by atoms with Gasteiger partial charge in [-0.2, -0.15) is 8.78 Å². The van der Waals surface area contributed by atoms with Gasteiger partial charge < -0.3 is 20.3 Å². The maximum atomic E-state index is 12.3. The normalized spacial score (nSPS) is 10.4. The Labute approximate surface area is 118 Å². The number of para-hydroxylation sites is 3. The van der Waals surface area contributed by atoms with Crippen molar-refractivity contribution >= 4 is 11.6 Å². The molecule has 3 N–H and O–H groups in total. The molecule has 110 valence electrons. The van der Waals surface area contributed by atoms with E-state index >= 15 is 0 Å². The van der Waals surface area contributed by atoms with Gasteiger partial charge in [-0.1, -0.05) is 18.2 Å². The van der Waals surface area contributed by atoms with Crippen LogP contribution in [0.5, 0.6) is 17.2 Å². The van der Waals surface area contributed by atoms with Gasteiger partial charge in [0.15, 0.2) is 11.5 Å². The molecule has 0 saturated carbocycles. The molecule has 0 aliphatic carbocycles. The number of halogens is 2. The van der Waals surface area contributed by atoms with Gasteiger partial charge in [0.2, 0.25) is 0 Å². The highest BCUT2D eigenvalue weighted by atomic mass is 19.3. The second-order valence-corrected chi connectivity index (χ2v) is 4.00. The van der Waals surface area contributed by atoms with Gasteiger partial charge in [0.05, 0.1) is 11.3 Å². The number of benzene rings is 2. The highest BCUT2D eigenvalue weighted by Gasteiger charge is 2.16. The van der Waals surface area contributed by atoms with E-state index in [0.29, 0.717) is 0 Å². The summed E-state index contributed by atoms with van der Waals surface area (Å²) in [6.07, 6.45) is 0. The van der Waals surface area contributed by atoms with Gasteiger partial charge >= 0.3 is 6.61 Å². The summed E-state index contributed by atoms with van der Waals surface area (Å²) in [5, 5.41) is 21.3. The fraction of sp³-hybridized carbons (Fsp3) is 0.0714. The standard InChI is InChI=1S/C14H11F2NO4/c15-14(16)21-11-7-2-1-5-9(11)17-13(20)8-4-3-6-10(18)12(8)19/h1-7,14,18-19H,(H,17,20). The molecule has 0 spiro atoms. The number of rotatable bonds is 4. The van der Waals surface area contributed by atoms with Crippen molar-refractivity contribution < 1.29 is 28.5 Å². The van der Waals surface area contributed by atoms with Crippen molar-refractivity contribution in [2.45, 2.75) is 6.61 Å². The van der Waals surface area contributed by atoms with Gasteiger partial charge in [-0.3, -0.25) is 4.79 Å². The molecule has 0 aliphatic heterocycles. The van der Waals surface area contributed by atoms with E-state index in [0.717, 1.165) is 0 Å². The third-order valence-electron chi connectivity index (χ3n) is 2.61. The van der Waals surface area contributed by atoms with Crippen LogP contribution in [-0.2, 0) is 0 Å². The van der Waals surface area contributed by atoms with Crippen LogP contribution >= 0.6 is 0 Å². The molecule has 0 unspecified atom stereocenters. The summed E-state index contributed by atoms with van der Waals surface area (Å²) in [5.74, 6) is -2.03. The van der Waals surface area contributed by atoms with Crippen LogP contribution < -0.4 is 10.1 Å². The molecule has 5 nitrogen and oxygen atoms in total. The maximum absolute atomic E-state index is 12.3. The van der Waals surface area contributed by atoms with E-state index in [9.17, 15) is 23.8 Å². The van der Waals surface area contributed by atoms with Gasteiger partial charge in [-0.25, -0.2) is 0 Å². The molecule has 0 radical (unpaired) electrons. The van der Waals surface area contributed by atoms with Crippen LogP contribution in [-0.4, -0.2) is 22.7 Å². The fourth-order valence-electron chi connectivity index (χ4n) is 1.67. The summed E-state index contributed by atoms with van der Waals surface area (Å²) in [6, 6.07) is 9.49. The summed E-state index contributed by atoms with van der Waals surface area (Å²) in [7, 11) is 0. The first-order valence-electron chi connectivity index (χ1n) is 5.85. The number of hydrogen-bond acceptors (Lipinski definition) is 4. The molecule has 0 aromatic heterocycles. The third-order valence-corrected chi connectivity index (χ3v) is 2.61. The predicted octanol–water partition coefficient (Wildman–Crippen LogP) is 2.95. The number of carbonyl (C=O) groups excluding carboxylic acids is 1. The second-order valence-electron chi connectivity index (χ2n) is 4.00. The minimum atomic E-state index is -3.03. The van der Waals surface area contributed by atoms with Crippen molar-refractivity contribution in [3.63, 3.8) is 0 Å². The highest BCUT2D eigenvalue weighted by Crippen LogP contribution is 2.30. The first-order valence-corrected chi connectivity index (χ1v) is 5.85. The van der Waals surface area contributed by atoms with Gasteiger partial charge in [0.25, 0.3) is 5.91 Å². The lowest BCUT2D eigenvalue weighted by atomic mass is 10.1. The third kappa shape index (κ3) is 3.38. The van der Waals surface area contributed by atoms with Crippen molar-refractivity contribution in [3.05, 3.63) is 48.0 Å². The Kier molecular flexibility index (Phi) is 4.22. The number of nitrogens with one attached hydrogen (secondary N) is 1. The summed E-state index contributed by atoms with van der Waals surface area (Å²) < 4.78 is 28.8. The Morgan fingerprint density at radius 1 is 1.10 bits per heavy atom. The van der Waals surface area contributed by atoms with Crippen LogP contribution in [0.2, 0.25) is 0 Å². The molecule has 7 heteroatoms. The minimum absolute atomic E-state index is 0.0190. The zero-order valence-corrected chi connectivity index (χ0v) is 10.6. The van der Waals surface area contributed by atoms with E-state index in [-0.39, 0.29) is 17.0 Å². The number of phenols is 2. The van der Waals surface area contributed by atoms with E-state index < -0.39 is 24.0 Å². The van der Waals surface area contributed by atoms with E-state index in [1.807, 2.05) is 0 Å². The molecular weight excluding hydrogens is 284 g/mol. The number of carbonyl (C=O) groups is 1. The van der Waals surface area contributed by atoms with Crippen LogP contribution in [0.25, 0.3) is 0 Å². The van der Waals surface area contributed by atoms with Crippen molar-refractivity contribution in [1.82, 2.24) is 0 Å². The number of aromatic hydroxyl groups is 2. The molecule has 0 saturated heterocycles. The topological polar surface area (TPSA) is 78.8 Å². The maximum Gasteiger partial charge on any atom is 0.387 e. The van der Waals surface area contributed by atoms with Crippen LogP contribution in [0.4, 0.5) is 14.5 Å². The minimum Gasteiger partial charge on any atom is -0.504 e. The first-order chi connectivity index (χ1) is 9.99. The summed E-state index contributed by atoms with van der Waals surface area (Å²) in [6.45, 7) is -3.03. The van der Waals surface area contributed by atoms with Crippen molar-refractivity contribution in [3.8, 4) is 17.2 Å². The second kappa shape index (κ2) is 6.08. The average molecular weight is 295 g/mol. The van der Waals surface area contributed by atoms with E-state index in [2.05, 4.69) is 10.1 Å². The molecule has 0 aliphatic rings. The summed E-state index contributed by atoms with van der Waals surface area (Å²) >= 11 is 0. The number of alkyl halides is 2. The predicted molar refractivity (Wildman–Crippen MR) is 70.8 cm³/mol. The van der Waals surface area contributed by atoms with Crippen molar-refractivity contribution in [1.29, 1.82) is 0 Å². The van der Waals surface area contributed by atoms with Gasteiger partial charge in [0, 0.05) is 0 Å². The number of anilines is 1. The molecule has 0 heterocycles. The number of phenolic OH excluding ortho intramolecular Hbond substituents is 2. The quantitative estimate of drug-likeness (QED) is 0.758. The monoisotopic (exact) mass is 295 g/mol. The molecule has 0 fully saturated rings. The SMILES string of the molecule is O=C(Nc1ccccc1OC(F)F)c1cccc(O)c1O. The van der Waals surface area contributed by atoms with Crippen molar-refractivity contribution in [2.75, 3.05) is 5.32 Å². The average Bonchev–Trinajstić information content (AvgIpc) is 2.43. The smallest absolute Gasteiger partial charge is 0.387 e. The molecule has 0 atom stereocenters. The van der Waals surface area contributed by atoms with Crippen LogP contribution in [0.15, 0.2) is 42.5 Å². The fourth-order valence-corrected chi connectivity index (χ4v) is 1.67. The molecular formula is C14H11F2NO4. The Morgan fingerprint density at radius 2 is 1.81 bits per heavy atom. The number of ether oxygens (including phenoxy) is 1. The summed E-state index contributed by atoms with van der Waals surface area (Å²) in [5.41, 5.74) is -0.174. The number of amides is 1. The molecule has 0 bridgehead atoms. The Morgan fingerprint density at radius 3 is 2.52 bits per heavy atom. The molecule has 21 heavy (non-hydrogen) atoms. The van der Waals surface area contributed by atoms with Gasteiger partial charge in [-0.15, -0.1) is 0 Å². The van der Waals surface area contributed by atoms with Gasteiger partial charge in [-0.05, 0) is 24.3 Å². The molecule has 2 rings (SSSR count). The Bertz CT molecular complexity index is 661. The lowest BCUT2D eigenvalue weighted by Crippen LogP contribution is -2.14. The first kappa shape index (κ1) is 14.6. The van der Waals surface area contributed by atoms with Crippen molar-refractivity contribution in [2.24, 2.45) is 0 Å². The number of hydrogen-bond donors (Lipinski definition) is 3. The summed E-state index contributed by atoms with van der Waals surface area (Å²) in [4.78, 5) is 12.0. The molecule has 2 aromatic carbocycles. The lowest BCUT2D eigenvalue weighted by Gasteiger charge is -2.12. The molecule has 1 amide bonds. The molecule has 2 aromatic rings. The van der Waals surface area contributed by atoms with E-state index in [1.165, 1.54) is 42.5 Å². The van der Waals surface area contributed by atoms with Crippen LogP contribution in [0, 0.1) is 0 Å².